The Morgan fingerprint density at radius 2 is 1.41 bits per heavy atom. The molecule has 0 unspecified atom stereocenters. The molecule has 0 saturated carbocycles. The van der Waals surface area contributed by atoms with Crippen LogP contribution in [0.15, 0.2) is 58.3 Å². The Balaban J connectivity index is 1.92. The zero-order chi connectivity index (χ0) is 16.0. The minimum atomic E-state index is -4.13. The van der Waals surface area contributed by atoms with E-state index in [0.717, 1.165) is 21.4 Å². The number of rotatable bonds is 7. The van der Waals surface area contributed by atoms with E-state index in [1.54, 1.807) is 12.1 Å². The normalized spacial score (nSPS) is 11.5. The van der Waals surface area contributed by atoms with Gasteiger partial charge >= 0.3 is 143 Å². The number of benzene rings is 2. The van der Waals surface area contributed by atoms with E-state index in [1.807, 2.05) is 24.3 Å². The van der Waals surface area contributed by atoms with Crippen molar-refractivity contribution >= 4 is 57.3 Å². The van der Waals surface area contributed by atoms with Crippen LogP contribution < -0.4 is 8.92 Å². The molecule has 0 amide bonds. The fourth-order valence-corrected chi connectivity index (χ4v) is 8.17. The molecule has 0 aromatic heterocycles. The van der Waals surface area contributed by atoms with E-state index in [9.17, 15) is 8.42 Å². The van der Waals surface area contributed by atoms with Gasteiger partial charge in [0.2, 0.25) is 0 Å². The summed E-state index contributed by atoms with van der Waals surface area (Å²) in [5.41, 5.74) is 0. The fraction of sp³-hybridized carbons (Fsp3) is 0. The third kappa shape index (κ3) is 5.67. The van der Waals surface area contributed by atoms with E-state index in [-0.39, 0.29) is 31.2 Å². The van der Waals surface area contributed by atoms with E-state index < -0.39 is 10.1 Å². The van der Waals surface area contributed by atoms with Gasteiger partial charge in [0, 0.05) is 0 Å². The average Bonchev–Trinajstić information content (AvgIpc) is 2.51. The molecule has 2 aromatic carbocycles. The van der Waals surface area contributed by atoms with Crippen LogP contribution in [0.3, 0.4) is 0 Å². The molecule has 118 valence electrons. The fourth-order valence-electron chi connectivity index (χ4n) is 1.37. The first kappa shape index (κ1) is 18.0. The molecule has 0 radical (unpaired) electrons. The standard InChI is InChI=1S/C12H10O6S2Se2/c13-17-18-19-9-1-5-11(6-2-9)21-22-12-7-3-10(4-8-12)20(14,15)16/h1-8,13H,(H,14,15,16). The molecule has 2 rings (SSSR count). The van der Waals surface area contributed by atoms with Crippen molar-refractivity contribution in [3.63, 3.8) is 0 Å². The maximum absolute atomic E-state index is 11.0. The molecule has 10 heteroatoms. The van der Waals surface area contributed by atoms with E-state index in [1.165, 1.54) is 16.6 Å². The second-order valence-electron chi connectivity index (χ2n) is 3.81. The Hall–Kier alpha value is -0.381. The third-order valence-corrected chi connectivity index (χ3v) is 11.0. The van der Waals surface area contributed by atoms with Crippen LogP contribution in [0.1, 0.15) is 0 Å². The second kappa shape index (κ2) is 8.47. The van der Waals surface area contributed by atoms with Gasteiger partial charge in [-0.2, -0.15) is 0 Å². The first-order valence-corrected chi connectivity index (χ1v) is 13.9. The summed E-state index contributed by atoms with van der Waals surface area (Å²) in [6, 6.07) is 13.9. The van der Waals surface area contributed by atoms with Gasteiger partial charge in [-0.15, -0.1) is 0 Å². The summed E-state index contributed by atoms with van der Waals surface area (Å²) in [5, 5.41) is 11.6. The molecular weight excluding hydrogens is 462 g/mol. The van der Waals surface area contributed by atoms with Crippen molar-refractivity contribution in [2.75, 3.05) is 0 Å². The van der Waals surface area contributed by atoms with Crippen molar-refractivity contribution in [3.05, 3.63) is 48.5 Å². The summed E-state index contributed by atoms with van der Waals surface area (Å²) >= 11 is 1.37. The third-order valence-electron chi connectivity index (χ3n) is 2.34. The minimum absolute atomic E-state index is 0.0907. The summed E-state index contributed by atoms with van der Waals surface area (Å²) in [4.78, 5) is 0.714. The van der Waals surface area contributed by atoms with Crippen molar-refractivity contribution in [2.24, 2.45) is 0 Å². The van der Waals surface area contributed by atoms with Crippen molar-refractivity contribution in [1.82, 2.24) is 0 Å². The SMILES string of the molecule is O=S(=O)(O)c1ccc([Se][Se]c2ccc(SOOO)cc2)cc1. The second-order valence-corrected chi connectivity index (χ2v) is 12.3. The molecule has 0 heterocycles. The summed E-state index contributed by atoms with van der Waals surface area (Å²) in [5.74, 6) is 0. The van der Waals surface area contributed by atoms with Crippen LogP contribution >= 0.6 is 12.0 Å². The van der Waals surface area contributed by atoms with E-state index >= 15 is 0 Å². The molecule has 0 aliphatic carbocycles. The molecule has 0 aliphatic rings. The topological polar surface area (TPSA) is 93.1 Å². The van der Waals surface area contributed by atoms with Crippen molar-refractivity contribution in [2.45, 2.75) is 9.79 Å². The van der Waals surface area contributed by atoms with Gasteiger partial charge in [0.05, 0.1) is 0 Å². The van der Waals surface area contributed by atoms with Gasteiger partial charge in [-0.3, -0.25) is 0 Å². The molecule has 22 heavy (non-hydrogen) atoms. The van der Waals surface area contributed by atoms with E-state index in [4.69, 9.17) is 9.81 Å². The number of hydrogen-bond donors (Lipinski definition) is 2. The van der Waals surface area contributed by atoms with Crippen LogP contribution in [0, 0.1) is 0 Å². The van der Waals surface area contributed by atoms with Crippen molar-refractivity contribution < 1.29 is 27.6 Å². The van der Waals surface area contributed by atoms with Gasteiger partial charge in [-0.05, 0) is 0 Å². The van der Waals surface area contributed by atoms with Crippen LogP contribution in [-0.2, 0) is 19.5 Å². The zero-order valence-corrected chi connectivity index (χ0v) is 15.8. The van der Waals surface area contributed by atoms with Crippen molar-refractivity contribution in [1.29, 1.82) is 0 Å². The van der Waals surface area contributed by atoms with Crippen molar-refractivity contribution in [3.8, 4) is 0 Å². The van der Waals surface area contributed by atoms with Crippen LogP contribution in [0.2, 0.25) is 0 Å². The van der Waals surface area contributed by atoms with Gasteiger partial charge in [0.1, 0.15) is 0 Å². The zero-order valence-electron chi connectivity index (χ0n) is 10.8. The van der Waals surface area contributed by atoms with Gasteiger partial charge < -0.3 is 0 Å². The van der Waals surface area contributed by atoms with Crippen LogP contribution in [-0.4, -0.2) is 44.5 Å². The molecule has 2 N–H and O–H groups in total. The van der Waals surface area contributed by atoms with Gasteiger partial charge in [0.25, 0.3) is 0 Å². The monoisotopic (exact) mass is 474 g/mol. The molecule has 0 atom stereocenters. The molecule has 0 fully saturated rings. The predicted molar refractivity (Wildman–Crippen MR) is 84.1 cm³/mol. The first-order chi connectivity index (χ1) is 10.5. The Morgan fingerprint density at radius 1 is 0.909 bits per heavy atom. The molecule has 0 aliphatic heterocycles. The van der Waals surface area contributed by atoms with Crippen LogP contribution in [0.4, 0.5) is 0 Å². The molecule has 6 nitrogen and oxygen atoms in total. The quantitative estimate of drug-likeness (QED) is 0.201. The van der Waals surface area contributed by atoms with Crippen LogP contribution in [0.5, 0.6) is 0 Å². The Labute approximate surface area is 142 Å². The summed E-state index contributed by atoms with van der Waals surface area (Å²) < 4.78 is 37.4. The molecular formula is C12H10O6S2Se2. The maximum atomic E-state index is 11.0. The Bertz CT molecular complexity index is 703. The number of hydrogen-bond acceptors (Lipinski definition) is 6. The molecule has 2 aromatic rings. The van der Waals surface area contributed by atoms with E-state index in [2.05, 4.69) is 9.37 Å². The molecule has 0 bridgehead atoms. The Morgan fingerprint density at radius 3 is 1.86 bits per heavy atom. The van der Waals surface area contributed by atoms with Crippen LogP contribution in [0.25, 0.3) is 0 Å². The molecule has 0 saturated heterocycles. The summed E-state index contributed by atoms with van der Waals surface area (Å²) in [7, 11) is -4.13. The summed E-state index contributed by atoms with van der Waals surface area (Å²) in [6.07, 6.45) is 0. The predicted octanol–water partition coefficient (Wildman–Crippen LogP) is 0.636. The summed E-state index contributed by atoms with van der Waals surface area (Å²) in [6.45, 7) is 0. The van der Waals surface area contributed by atoms with Gasteiger partial charge in [-0.1, -0.05) is 0 Å². The first-order valence-electron chi connectivity index (χ1n) is 5.66. The van der Waals surface area contributed by atoms with Gasteiger partial charge in [-0.25, -0.2) is 0 Å². The molecule has 0 spiro atoms. The van der Waals surface area contributed by atoms with E-state index in [0.29, 0.717) is 0 Å². The average molecular weight is 472 g/mol. The Kier molecular flexibility index (Phi) is 6.91. The van der Waals surface area contributed by atoms with Gasteiger partial charge in [0.15, 0.2) is 0 Å².